The van der Waals surface area contributed by atoms with E-state index in [4.69, 9.17) is 21.1 Å². The number of rotatable bonds is 7. The van der Waals surface area contributed by atoms with Crippen LogP contribution >= 0.6 is 22.9 Å². The minimum absolute atomic E-state index is 0.182. The first kappa shape index (κ1) is 22.5. The van der Waals surface area contributed by atoms with E-state index < -0.39 is 0 Å². The molecule has 9 nitrogen and oxygen atoms in total. The Morgan fingerprint density at radius 2 is 2.13 bits per heavy atom. The van der Waals surface area contributed by atoms with Gasteiger partial charge in [0.05, 0.1) is 30.1 Å². The van der Waals surface area contributed by atoms with Crippen molar-refractivity contribution in [2.45, 2.75) is 45.8 Å². The van der Waals surface area contributed by atoms with Gasteiger partial charge in [-0.2, -0.15) is 0 Å². The summed E-state index contributed by atoms with van der Waals surface area (Å²) in [5.41, 5.74) is 1.38. The number of thiazole rings is 1. The summed E-state index contributed by atoms with van der Waals surface area (Å²) in [6, 6.07) is -0.182. The summed E-state index contributed by atoms with van der Waals surface area (Å²) < 4.78 is 10.7. The Labute approximate surface area is 184 Å². The standard InChI is InChI=1S/C19H26ClN5O4S/c1-5-11-15(20)24-16(22-11)17(26)23-12-7-8-25(9-13(12)28-4)19-21-10(3)14(30-19)18(27)29-6-2/h12-13H,5-9H2,1-4H3,(H,22,24)(H,23,26)/t12-,13+/m0/s1. The van der Waals surface area contributed by atoms with E-state index in [-0.39, 0.29) is 29.8 Å². The van der Waals surface area contributed by atoms with Crippen LogP contribution in [-0.2, 0) is 15.9 Å². The quantitative estimate of drug-likeness (QED) is 0.617. The lowest BCUT2D eigenvalue weighted by Crippen LogP contribution is -2.55. The average Bonchev–Trinajstić information content (AvgIpc) is 3.31. The third kappa shape index (κ3) is 4.76. The maximum atomic E-state index is 12.6. The summed E-state index contributed by atoms with van der Waals surface area (Å²) in [7, 11) is 1.61. The highest BCUT2D eigenvalue weighted by atomic mass is 35.5. The first-order valence-electron chi connectivity index (χ1n) is 9.85. The Bertz CT molecular complexity index is 915. The van der Waals surface area contributed by atoms with Crippen LogP contribution < -0.4 is 10.2 Å². The Hall–Kier alpha value is -2.17. The summed E-state index contributed by atoms with van der Waals surface area (Å²) in [6.45, 7) is 7.03. The normalized spacial score (nSPS) is 19.0. The molecule has 0 unspecified atom stereocenters. The Kier molecular flexibility index (Phi) is 7.32. The van der Waals surface area contributed by atoms with Gasteiger partial charge in [-0.25, -0.2) is 14.8 Å². The van der Waals surface area contributed by atoms with E-state index in [9.17, 15) is 9.59 Å². The van der Waals surface area contributed by atoms with Gasteiger partial charge in [-0.05, 0) is 26.7 Å². The van der Waals surface area contributed by atoms with Gasteiger partial charge in [0.1, 0.15) is 4.88 Å². The van der Waals surface area contributed by atoms with Crippen molar-refractivity contribution >= 4 is 39.9 Å². The molecule has 2 atom stereocenters. The number of hydrogen-bond acceptors (Lipinski definition) is 8. The number of carbonyl (C=O) groups excluding carboxylic acids is 2. The zero-order chi connectivity index (χ0) is 21.8. The van der Waals surface area contributed by atoms with Crippen LogP contribution in [0.3, 0.4) is 0 Å². The number of carbonyl (C=O) groups is 2. The number of halogens is 1. The molecule has 11 heteroatoms. The number of ether oxygens (including phenoxy) is 2. The number of hydrogen-bond donors (Lipinski definition) is 2. The highest BCUT2D eigenvalue weighted by Crippen LogP contribution is 2.29. The van der Waals surface area contributed by atoms with E-state index in [1.54, 1.807) is 21.0 Å². The fourth-order valence-electron chi connectivity index (χ4n) is 3.36. The second-order valence-electron chi connectivity index (χ2n) is 6.93. The van der Waals surface area contributed by atoms with E-state index >= 15 is 0 Å². The fourth-order valence-corrected chi connectivity index (χ4v) is 4.63. The van der Waals surface area contributed by atoms with E-state index in [1.165, 1.54) is 11.3 Å². The second-order valence-corrected chi connectivity index (χ2v) is 8.26. The molecule has 2 aromatic rings. The van der Waals surface area contributed by atoms with Crippen LogP contribution in [0, 0.1) is 6.92 Å². The van der Waals surface area contributed by atoms with E-state index in [0.29, 0.717) is 48.3 Å². The molecule has 30 heavy (non-hydrogen) atoms. The number of aromatic amines is 1. The van der Waals surface area contributed by atoms with Gasteiger partial charge in [-0.3, -0.25) is 4.79 Å². The molecule has 3 rings (SSSR count). The van der Waals surface area contributed by atoms with Crippen LogP contribution in [0.2, 0.25) is 5.15 Å². The Balaban J connectivity index is 1.67. The molecule has 2 aromatic heterocycles. The lowest BCUT2D eigenvalue weighted by molar-refractivity contribution is 0.0530. The third-order valence-electron chi connectivity index (χ3n) is 4.99. The molecule has 0 aliphatic carbocycles. The lowest BCUT2D eigenvalue weighted by atomic mass is 10.0. The molecule has 2 N–H and O–H groups in total. The van der Waals surface area contributed by atoms with Crippen molar-refractivity contribution in [3.8, 4) is 0 Å². The number of imidazole rings is 1. The van der Waals surface area contributed by atoms with Crippen LogP contribution in [0.1, 0.15) is 51.9 Å². The molecule has 164 valence electrons. The van der Waals surface area contributed by atoms with Crippen LogP contribution in [0.25, 0.3) is 0 Å². The average molecular weight is 456 g/mol. The monoisotopic (exact) mass is 455 g/mol. The smallest absolute Gasteiger partial charge is 0.350 e. The van der Waals surface area contributed by atoms with Gasteiger partial charge in [0.2, 0.25) is 0 Å². The number of aryl methyl sites for hydroxylation is 2. The van der Waals surface area contributed by atoms with Gasteiger partial charge >= 0.3 is 5.97 Å². The van der Waals surface area contributed by atoms with Crippen molar-refractivity contribution in [2.24, 2.45) is 0 Å². The maximum absolute atomic E-state index is 12.6. The van der Waals surface area contributed by atoms with E-state index in [0.717, 1.165) is 10.8 Å². The molecular formula is C19H26ClN5O4S. The Morgan fingerprint density at radius 1 is 1.37 bits per heavy atom. The first-order valence-corrected chi connectivity index (χ1v) is 11.0. The summed E-state index contributed by atoms with van der Waals surface area (Å²) in [6.07, 6.45) is 1.08. The van der Waals surface area contributed by atoms with Gasteiger partial charge in [0.15, 0.2) is 16.1 Å². The number of nitrogens with one attached hydrogen (secondary N) is 2. The van der Waals surface area contributed by atoms with E-state index in [1.807, 2.05) is 6.92 Å². The molecule has 0 radical (unpaired) electrons. The van der Waals surface area contributed by atoms with Crippen molar-refractivity contribution < 1.29 is 19.1 Å². The first-order chi connectivity index (χ1) is 14.4. The highest BCUT2D eigenvalue weighted by Gasteiger charge is 2.33. The van der Waals surface area contributed by atoms with Crippen molar-refractivity contribution in [1.29, 1.82) is 0 Å². The molecular weight excluding hydrogens is 430 g/mol. The van der Waals surface area contributed by atoms with Crippen molar-refractivity contribution in [1.82, 2.24) is 20.3 Å². The predicted molar refractivity (Wildman–Crippen MR) is 115 cm³/mol. The molecule has 1 aliphatic rings. The van der Waals surface area contributed by atoms with Crippen LogP contribution in [0.15, 0.2) is 0 Å². The number of nitrogens with zero attached hydrogens (tertiary/aromatic N) is 3. The Morgan fingerprint density at radius 3 is 2.77 bits per heavy atom. The number of amides is 1. The largest absolute Gasteiger partial charge is 0.462 e. The van der Waals surface area contributed by atoms with Crippen molar-refractivity contribution in [2.75, 3.05) is 31.7 Å². The van der Waals surface area contributed by atoms with Crippen LogP contribution in [0.4, 0.5) is 5.13 Å². The van der Waals surface area contributed by atoms with Crippen LogP contribution in [0.5, 0.6) is 0 Å². The molecule has 0 bridgehead atoms. The molecule has 1 aliphatic heterocycles. The highest BCUT2D eigenvalue weighted by molar-refractivity contribution is 7.17. The fraction of sp³-hybridized carbons (Fsp3) is 0.579. The molecule has 1 fully saturated rings. The summed E-state index contributed by atoms with van der Waals surface area (Å²) in [5.74, 6) is -0.469. The second kappa shape index (κ2) is 9.76. The molecule has 0 saturated carbocycles. The number of methoxy groups -OCH3 is 1. The number of aromatic nitrogens is 3. The van der Waals surface area contributed by atoms with Gasteiger partial charge in [-0.1, -0.05) is 29.9 Å². The van der Waals surface area contributed by atoms with E-state index in [2.05, 4.69) is 25.2 Å². The zero-order valence-corrected chi connectivity index (χ0v) is 19.0. The number of anilines is 1. The van der Waals surface area contributed by atoms with Gasteiger partial charge in [-0.15, -0.1) is 0 Å². The number of esters is 1. The lowest BCUT2D eigenvalue weighted by Gasteiger charge is -2.37. The van der Waals surface area contributed by atoms with Crippen molar-refractivity contribution in [3.63, 3.8) is 0 Å². The molecule has 0 spiro atoms. The molecule has 0 aromatic carbocycles. The molecule has 1 amide bonds. The van der Waals surface area contributed by atoms with Crippen LogP contribution in [-0.4, -0.2) is 65.8 Å². The summed E-state index contributed by atoms with van der Waals surface area (Å²) in [4.78, 5) is 38.8. The SMILES string of the molecule is CCOC(=O)c1sc(N2CC[C@H](NC(=O)c3nc(Cl)c(CC)[nH]3)[C@H](OC)C2)nc1C. The zero-order valence-electron chi connectivity index (χ0n) is 17.5. The van der Waals surface area contributed by atoms with Crippen molar-refractivity contribution in [3.05, 3.63) is 27.2 Å². The summed E-state index contributed by atoms with van der Waals surface area (Å²) >= 11 is 7.35. The van der Waals surface area contributed by atoms with Gasteiger partial charge in [0, 0.05) is 20.2 Å². The molecule has 3 heterocycles. The van der Waals surface area contributed by atoms with Gasteiger partial charge < -0.3 is 24.7 Å². The number of H-pyrrole nitrogens is 1. The molecule has 1 saturated heterocycles. The topological polar surface area (TPSA) is 109 Å². The minimum Gasteiger partial charge on any atom is -0.462 e. The maximum Gasteiger partial charge on any atom is 0.350 e. The minimum atomic E-state index is -0.354. The van der Waals surface area contributed by atoms with Gasteiger partial charge in [0.25, 0.3) is 5.91 Å². The number of piperidine rings is 1. The summed E-state index contributed by atoms with van der Waals surface area (Å²) in [5, 5.41) is 4.05. The predicted octanol–water partition coefficient (Wildman–Crippen LogP) is 2.59. The third-order valence-corrected chi connectivity index (χ3v) is 6.50.